The van der Waals surface area contributed by atoms with Crippen molar-refractivity contribution >= 4 is 5.69 Å². The van der Waals surface area contributed by atoms with Crippen molar-refractivity contribution in [3.05, 3.63) is 65.0 Å². The van der Waals surface area contributed by atoms with Crippen LogP contribution >= 0.6 is 0 Å². The van der Waals surface area contributed by atoms with E-state index in [1.54, 1.807) is 6.07 Å². The first-order valence-electron chi connectivity index (χ1n) is 6.99. The first-order chi connectivity index (χ1) is 10.0. The van der Waals surface area contributed by atoms with Crippen molar-refractivity contribution in [2.24, 2.45) is 5.84 Å². The number of anilines is 1. The number of nitrogens with one attached hydrogen (secondary N) is 1. The molecule has 4 heteroatoms. The van der Waals surface area contributed by atoms with Crippen molar-refractivity contribution in [1.29, 1.82) is 0 Å². The molecule has 1 atom stereocenters. The van der Waals surface area contributed by atoms with E-state index >= 15 is 0 Å². The molecule has 0 aliphatic rings. The highest BCUT2D eigenvalue weighted by molar-refractivity contribution is 5.48. The largest absolute Gasteiger partial charge is 0.378 e. The summed E-state index contributed by atoms with van der Waals surface area (Å²) in [6, 6.07) is 13.1. The van der Waals surface area contributed by atoms with E-state index in [0.717, 1.165) is 28.8 Å². The zero-order chi connectivity index (χ0) is 15.4. The van der Waals surface area contributed by atoms with Crippen LogP contribution in [0.25, 0.3) is 0 Å². The maximum absolute atomic E-state index is 13.2. The summed E-state index contributed by atoms with van der Waals surface area (Å²) in [4.78, 5) is 2.06. The van der Waals surface area contributed by atoms with Crippen LogP contribution in [0.5, 0.6) is 0 Å². The van der Waals surface area contributed by atoms with Crippen molar-refractivity contribution < 1.29 is 4.39 Å². The summed E-state index contributed by atoms with van der Waals surface area (Å²) < 4.78 is 13.2. The van der Waals surface area contributed by atoms with Gasteiger partial charge in [0.1, 0.15) is 5.82 Å². The molecule has 0 aliphatic carbocycles. The minimum Gasteiger partial charge on any atom is -0.378 e. The summed E-state index contributed by atoms with van der Waals surface area (Å²) in [6.45, 7) is 1.92. The Labute approximate surface area is 125 Å². The third-order valence-corrected chi connectivity index (χ3v) is 3.72. The lowest BCUT2D eigenvalue weighted by Gasteiger charge is -2.20. The van der Waals surface area contributed by atoms with Gasteiger partial charge in [0.2, 0.25) is 0 Å². The minimum absolute atomic E-state index is 0.00550. The first kappa shape index (κ1) is 15.5. The van der Waals surface area contributed by atoms with Crippen LogP contribution in [-0.4, -0.2) is 14.1 Å². The molecule has 0 fully saturated rings. The monoisotopic (exact) mass is 287 g/mol. The van der Waals surface area contributed by atoms with Crippen LogP contribution in [0.15, 0.2) is 42.5 Å². The Morgan fingerprint density at radius 3 is 2.57 bits per heavy atom. The second-order valence-corrected chi connectivity index (χ2v) is 5.48. The molecule has 0 amide bonds. The van der Waals surface area contributed by atoms with Gasteiger partial charge >= 0.3 is 0 Å². The Balaban J connectivity index is 2.25. The van der Waals surface area contributed by atoms with Crippen LogP contribution in [0.4, 0.5) is 10.1 Å². The maximum Gasteiger partial charge on any atom is 0.123 e. The lowest BCUT2D eigenvalue weighted by molar-refractivity contribution is 0.549. The Morgan fingerprint density at radius 1 is 1.19 bits per heavy atom. The van der Waals surface area contributed by atoms with Gasteiger partial charge in [0, 0.05) is 19.8 Å². The molecule has 0 saturated carbocycles. The highest BCUT2D eigenvalue weighted by Gasteiger charge is 2.13. The second-order valence-electron chi connectivity index (χ2n) is 5.48. The molecule has 2 rings (SSSR count). The first-order valence-corrected chi connectivity index (χ1v) is 6.99. The molecule has 0 bridgehead atoms. The van der Waals surface area contributed by atoms with E-state index in [-0.39, 0.29) is 11.9 Å². The lowest BCUT2D eigenvalue weighted by atomic mass is 9.96. The Bertz CT molecular complexity index is 611. The number of aryl methyl sites for hydroxylation is 1. The molecular formula is C17H22FN3. The van der Waals surface area contributed by atoms with Crippen LogP contribution in [0.2, 0.25) is 0 Å². The predicted octanol–water partition coefficient (Wildman–Crippen LogP) is 2.95. The predicted molar refractivity (Wildman–Crippen MR) is 85.7 cm³/mol. The fraction of sp³-hybridized carbons (Fsp3) is 0.294. The summed E-state index contributed by atoms with van der Waals surface area (Å²) in [6.07, 6.45) is 0.722. The molecule has 3 N–H and O–H groups in total. The summed E-state index contributed by atoms with van der Waals surface area (Å²) in [5.41, 5.74) is 7.14. The molecular weight excluding hydrogens is 265 g/mol. The Morgan fingerprint density at radius 2 is 1.95 bits per heavy atom. The summed E-state index contributed by atoms with van der Waals surface area (Å²) in [5, 5.41) is 0. The van der Waals surface area contributed by atoms with Crippen LogP contribution in [0.3, 0.4) is 0 Å². The highest BCUT2D eigenvalue weighted by atomic mass is 19.1. The van der Waals surface area contributed by atoms with E-state index in [4.69, 9.17) is 5.84 Å². The third-order valence-electron chi connectivity index (χ3n) is 3.72. The summed E-state index contributed by atoms with van der Waals surface area (Å²) in [7, 11) is 4.02. The van der Waals surface area contributed by atoms with E-state index in [1.807, 2.05) is 33.2 Å². The van der Waals surface area contributed by atoms with E-state index in [1.165, 1.54) is 6.07 Å². The van der Waals surface area contributed by atoms with Gasteiger partial charge in [-0.1, -0.05) is 18.2 Å². The van der Waals surface area contributed by atoms with Crippen molar-refractivity contribution in [3.8, 4) is 0 Å². The van der Waals surface area contributed by atoms with Gasteiger partial charge in [0.15, 0.2) is 0 Å². The smallest absolute Gasteiger partial charge is 0.123 e. The lowest BCUT2D eigenvalue weighted by Crippen LogP contribution is -2.30. The SMILES string of the molecule is Cc1cc(F)ccc1CC(NN)c1cccc(N(C)C)c1. The van der Waals surface area contributed by atoms with Gasteiger partial charge in [-0.05, 0) is 54.3 Å². The maximum atomic E-state index is 13.2. The van der Waals surface area contributed by atoms with E-state index in [2.05, 4.69) is 28.5 Å². The molecule has 2 aromatic rings. The molecule has 0 aromatic heterocycles. The van der Waals surface area contributed by atoms with Crippen LogP contribution in [0, 0.1) is 12.7 Å². The fourth-order valence-electron chi connectivity index (χ4n) is 2.40. The van der Waals surface area contributed by atoms with Crippen molar-refractivity contribution in [1.82, 2.24) is 5.43 Å². The zero-order valence-corrected chi connectivity index (χ0v) is 12.7. The summed E-state index contributed by atoms with van der Waals surface area (Å²) >= 11 is 0. The van der Waals surface area contributed by atoms with Crippen molar-refractivity contribution in [2.75, 3.05) is 19.0 Å². The topological polar surface area (TPSA) is 41.3 Å². The number of hydrazine groups is 1. The number of benzene rings is 2. The van der Waals surface area contributed by atoms with Crippen molar-refractivity contribution in [3.63, 3.8) is 0 Å². The number of hydrogen-bond donors (Lipinski definition) is 2. The van der Waals surface area contributed by atoms with E-state index in [0.29, 0.717) is 0 Å². The Kier molecular flexibility index (Phi) is 4.94. The molecule has 112 valence electrons. The average molecular weight is 287 g/mol. The normalized spacial score (nSPS) is 12.2. The van der Waals surface area contributed by atoms with Crippen LogP contribution in [-0.2, 0) is 6.42 Å². The molecule has 3 nitrogen and oxygen atoms in total. The van der Waals surface area contributed by atoms with Crippen LogP contribution < -0.4 is 16.2 Å². The number of nitrogens with two attached hydrogens (primary N) is 1. The summed E-state index contributed by atoms with van der Waals surface area (Å²) in [5.74, 6) is 5.52. The quantitative estimate of drug-likeness (QED) is 0.656. The van der Waals surface area contributed by atoms with Crippen molar-refractivity contribution in [2.45, 2.75) is 19.4 Å². The number of hydrogen-bond acceptors (Lipinski definition) is 3. The zero-order valence-electron chi connectivity index (χ0n) is 12.7. The number of rotatable bonds is 5. The average Bonchev–Trinajstić information content (AvgIpc) is 2.46. The fourth-order valence-corrected chi connectivity index (χ4v) is 2.40. The van der Waals surface area contributed by atoms with E-state index < -0.39 is 0 Å². The molecule has 2 aromatic carbocycles. The van der Waals surface area contributed by atoms with Crippen LogP contribution in [0.1, 0.15) is 22.7 Å². The Hall–Kier alpha value is -1.91. The molecule has 0 saturated heterocycles. The van der Waals surface area contributed by atoms with Gasteiger partial charge in [0.25, 0.3) is 0 Å². The van der Waals surface area contributed by atoms with Gasteiger partial charge in [-0.25, -0.2) is 4.39 Å². The molecule has 1 unspecified atom stereocenters. The van der Waals surface area contributed by atoms with Gasteiger partial charge in [-0.15, -0.1) is 0 Å². The van der Waals surface area contributed by atoms with E-state index in [9.17, 15) is 4.39 Å². The molecule has 0 aliphatic heterocycles. The highest BCUT2D eigenvalue weighted by Crippen LogP contribution is 2.23. The third kappa shape index (κ3) is 3.80. The second kappa shape index (κ2) is 6.70. The number of halogens is 1. The van der Waals surface area contributed by atoms with Gasteiger partial charge in [-0.2, -0.15) is 0 Å². The molecule has 0 spiro atoms. The standard InChI is InChI=1S/C17H22FN3/c1-12-9-15(18)8-7-13(12)11-17(20-19)14-5-4-6-16(10-14)21(2)3/h4-10,17,20H,11,19H2,1-3H3. The van der Waals surface area contributed by atoms with Gasteiger partial charge in [0.05, 0.1) is 6.04 Å². The molecule has 0 radical (unpaired) electrons. The van der Waals surface area contributed by atoms with Gasteiger partial charge < -0.3 is 4.90 Å². The molecule has 0 heterocycles. The molecule has 21 heavy (non-hydrogen) atoms. The van der Waals surface area contributed by atoms with Gasteiger partial charge in [-0.3, -0.25) is 11.3 Å². The minimum atomic E-state index is -0.205. The number of nitrogens with zero attached hydrogens (tertiary/aromatic N) is 1.